The van der Waals surface area contributed by atoms with Crippen LogP contribution in [0.2, 0.25) is 0 Å². The molecular weight excluding hydrogens is 629 g/mol. The highest BCUT2D eigenvalue weighted by molar-refractivity contribution is 7.18. The van der Waals surface area contributed by atoms with E-state index in [1.807, 2.05) is 17.6 Å². The summed E-state index contributed by atoms with van der Waals surface area (Å²) in [5.74, 6) is -1.59. The average molecular weight is 660 g/mol. The van der Waals surface area contributed by atoms with Crippen LogP contribution in [0.1, 0.15) is 21.8 Å². The van der Waals surface area contributed by atoms with Crippen LogP contribution in [0.15, 0.2) is 48.5 Å². The number of nitrogens with zero attached hydrogens (tertiary/aromatic N) is 5. The van der Waals surface area contributed by atoms with Gasteiger partial charge in [-0.3, -0.25) is 9.78 Å². The van der Waals surface area contributed by atoms with Crippen LogP contribution in [0, 0.1) is 11.6 Å². The number of carbonyl (C=O) groups excluding carboxylic acids is 1. The van der Waals surface area contributed by atoms with Crippen LogP contribution in [0.25, 0.3) is 43.2 Å². The highest BCUT2D eigenvalue weighted by Gasteiger charge is 2.30. The number of hydrogen-bond donors (Lipinski definition) is 0. The lowest BCUT2D eigenvalue weighted by Crippen LogP contribution is -2.34. The number of fused-ring (bicyclic) bond motifs is 3. The average Bonchev–Trinajstić information content (AvgIpc) is 3.71. The Bertz CT molecular complexity index is 1990. The van der Waals surface area contributed by atoms with Crippen molar-refractivity contribution in [1.29, 1.82) is 0 Å². The summed E-state index contributed by atoms with van der Waals surface area (Å²) in [6, 6.07) is 6.19. The van der Waals surface area contributed by atoms with E-state index in [-0.39, 0.29) is 30.4 Å². The van der Waals surface area contributed by atoms with Gasteiger partial charge in [-0.25, -0.2) is 18.7 Å². The van der Waals surface area contributed by atoms with E-state index in [1.165, 1.54) is 47.5 Å². The molecule has 0 unspecified atom stereocenters. The third-order valence-corrected chi connectivity index (χ3v) is 10.4. The Morgan fingerprint density at radius 2 is 1.93 bits per heavy atom. The van der Waals surface area contributed by atoms with Gasteiger partial charge in [0.05, 0.1) is 35.8 Å². The second-order valence-electron chi connectivity index (χ2n) is 11.4. The number of pyridine rings is 2. The van der Waals surface area contributed by atoms with E-state index in [9.17, 15) is 9.18 Å². The summed E-state index contributed by atoms with van der Waals surface area (Å²) in [5.41, 5.74) is 5.74. The molecular formula is C34H31F2N5O3S2. The molecule has 7 rings (SSSR count). The molecule has 0 saturated carbocycles. The van der Waals surface area contributed by atoms with E-state index in [0.29, 0.717) is 41.5 Å². The van der Waals surface area contributed by atoms with Crippen LogP contribution in [0.5, 0.6) is 5.75 Å². The Kier molecular flexibility index (Phi) is 8.36. The molecule has 4 aromatic heterocycles. The molecule has 8 nitrogen and oxygen atoms in total. The summed E-state index contributed by atoms with van der Waals surface area (Å²) in [6.07, 6.45) is 4.63. The fourth-order valence-electron chi connectivity index (χ4n) is 6.06. The quantitative estimate of drug-likeness (QED) is 0.139. The molecule has 236 valence electrons. The lowest BCUT2D eigenvalue weighted by Gasteiger charge is -2.24. The molecule has 2 aliphatic rings. The fourth-order valence-corrected chi connectivity index (χ4v) is 8.13. The number of carbonyl (C=O) groups is 1. The van der Waals surface area contributed by atoms with E-state index in [4.69, 9.17) is 24.4 Å². The van der Waals surface area contributed by atoms with Gasteiger partial charge in [0.25, 0.3) is 0 Å². The minimum Gasteiger partial charge on any atom is -0.490 e. The van der Waals surface area contributed by atoms with Gasteiger partial charge < -0.3 is 19.3 Å². The second kappa shape index (κ2) is 12.6. The topological polar surface area (TPSA) is 80.7 Å². The van der Waals surface area contributed by atoms with Crippen LogP contribution < -0.4 is 4.74 Å². The molecule has 6 heterocycles. The molecule has 1 aromatic carbocycles. The highest BCUT2D eigenvalue weighted by Crippen LogP contribution is 2.48. The minimum absolute atomic E-state index is 0.0590. The van der Waals surface area contributed by atoms with Gasteiger partial charge in [0.15, 0.2) is 0 Å². The maximum absolute atomic E-state index is 16.0. The zero-order valence-electron chi connectivity index (χ0n) is 25.4. The number of benzene rings is 1. The molecule has 0 spiro atoms. The predicted molar refractivity (Wildman–Crippen MR) is 176 cm³/mol. The van der Waals surface area contributed by atoms with Gasteiger partial charge in [-0.2, -0.15) is 0 Å². The number of rotatable bonds is 8. The molecule has 0 atom stereocenters. The van der Waals surface area contributed by atoms with Crippen molar-refractivity contribution in [2.24, 2.45) is 0 Å². The van der Waals surface area contributed by atoms with Crippen molar-refractivity contribution < 1.29 is 23.0 Å². The van der Waals surface area contributed by atoms with Crippen LogP contribution in [0.3, 0.4) is 0 Å². The van der Waals surface area contributed by atoms with E-state index in [2.05, 4.69) is 24.6 Å². The van der Waals surface area contributed by atoms with Gasteiger partial charge in [0.2, 0.25) is 5.91 Å². The summed E-state index contributed by atoms with van der Waals surface area (Å²) in [5, 5.41) is 3.36. The van der Waals surface area contributed by atoms with E-state index in [0.717, 1.165) is 57.5 Å². The number of aromatic nitrogens is 3. The SMILES string of the molecule is C=CC(=O)N1CCc2nc(-c3nc(-c4cnc5c(c4)CCN(C)C5)c4ccsc4c3-c3c(F)cc(F)cc3OCCOC)sc2C1. The zero-order chi connectivity index (χ0) is 31.9. The molecule has 0 fully saturated rings. The largest absolute Gasteiger partial charge is 0.490 e. The monoisotopic (exact) mass is 659 g/mol. The Labute approximate surface area is 273 Å². The Balaban J connectivity index is 1.46. The van der Waals surface area contributed by atoms with Crippen LogP contribution in [-0.4, -0.2) is 71.1 Å². The first-order valence-electron chi connectivity index (χ1n) is 14.9. The van der Waals surface area contributed by atoms with Crippen LogP contribution in [0.4, 0.5) is 8.78 Å². The third kappa shape index (κ3) is 5.59. The number of amides is 1. The lowest BCUT2D eigenvalue weighted by atomic mass is 9.97. The van der Waals surface area contributed by atoms with Gasteiger partial charge >= 0.3 is 0 Å². The van der Waals surface area contributed by atoms with Gasteiger partial charge in [-0.15, -0.1) is 22.7 Å². The lowest BCUT2D eigenvalue weighted by molar-refractivity contribution is -0.126. The van der Waals surface area contributed by atoms with Crippen molar-refractivity contribution in [3.8, 4) is 38.8 Å². The molecule has 0 saturated heterocycles. The zero-order valence-corrected chi connectivity index (χ0v) is 27.1. The number of hydrogen-bond acceptors (Lipinski definition) is 9. The van der Waals surface area contributed by atoms with Crippen molar-refractivity contribution in [2.45, 2.75) is 25.9 Å². The van der Waals surface area contributed by atoms with Crippen molar-refractivity contribution in [3.05, 3.63) is 82.0 Å². The molecule has 0 bridgehead atoms. The number of halogens is 2. The van der Waals surface area contributed by atoms with Crippen LogP contribution in [-0.2, 0) is 35.5 Å². The highest BCUT2D eigenvalue weighted by atomic mass is 32.1. The summed E-state index contributed by atoms with van der Waals surface area (Å²) >= 11 is 2.88. The molecule has 12 heteroatoms. The number of methoxy groups -OCH3 is 1. The summed E-state index contributed by atoms with van der Waals surface area (Å²) < 4.78 is 42.5. The molecule has 2 aliphatic heterocycles. The minimum atomic E-state index is -0.762. The fraction of sp³-hybridized carbons (Fsp3) is 0.294. The van der Waals surface area contributed by atoms with Gasteiger partial charge in [0, 0.05) is 77.6 Å². The van der Waals surface area contributed by atoms with E-state index < -0.39 is 11.6 Å². The Hall–Kier alpha value is -4.10. The summed E-state index contributed by atoms with van der Waals surface area (Å²) in [7, 11) is 3.62. The molecule has 0 radical (unpaired) electrons. The normalized spacial score (nSPS) is 14.7. The van der Waals surface area contributed by atoms with Gasteiger partial charge in [-0.05, 0) is 42.6 Å². The third-order valence-electron chi connectivity index (χ3n) is 8.36. The maximum atomic E-state index is 16.0. The predicted octanol–water partition coefficient (Wildman–Crippen LogP) is 6.51. The molecule has 0 N–H and O–H groups in total. The molecule has 5 aromatic rings. The first-order chi connectivity index (χ1) is 22.3. The first kappa shape index (κ1) is 30.5. The number of ether oxygens (including phenoxy) is 2. The van der Waals surface area contributed by atoms with E-state index in [1.54, 1.807) is 4.90 Å². The van der Waals surface area contributed by atoms with Gasteiger partial charge in [0.1, 0.15) is 34.7 Å². The second-order valence-corrected chi connectivity index (χ2v) is 13.4. The van der Waals surface area contributed by atoms with Crippen molar-refractivity contribution in [3.63, 3.8) is 0 Å². The molecule has 46 heavy (non-hydrogen) atoms. The number of thiazole rings is 1. The van der Waals surface area contributed by atoms with E-state index >= 15 is 4.39 Å². The number of thiophene rings is 1. The summed E-state index contributed by atoms with van der Waals surface area (Å²) in [6.45, 7) is 6.64. The Morgan fingerprint density at radius 1 is 1.07 bits per heavy atom. The van der Waals surface area contributed by atoms with Crippen LogP contribution >= 0.6 is 22.7 Å². The Morgan fingerprint density at radius 3 is 2.76 bits per heavy atom. The maximum Gasteiger partial charge on any atom is 0.246 e. The van der Waals surface area contributed by atoms with Crippen molar-refractivity contribution in [1.82, 2.24) is 24.8 Å². The summed E-state index contributed by atoms with van der Waals surface area (Å²) in [4.78, 5) is 32.4. The van der Waals surface area contributed by atoms with Crippen molar-refractivity contribution >= 4 is 38.7 Å². The standard InChI is InChI=1S/C34H31F2N5O3S2/c1-4-28(42)41-9-6-24-27(18-41)46-34(38-24)32-30(29-23(36)14-21(35)15-26(29)44-11-10-43-3)33-22(7-12-45-33)31(39-32)20-13-19-5-8-40(2)17-25(19)37-16-20/h4,7,12-16H,1,5-6,8-11,17-18H2,2-3H3. The van der Waals surface area contributed by atoms with Crippen molar-refractivity contribution in [2.75, 3.05) is 40.5 Å². The number of likely N-dealkylation sites (N-methyl/N-ethyl adjacent to an activating group) is 1. The first-order valence-corrected chi connectivity index (χ1v) is 16.6. The van der Waals surface area contributed by atoms with Gasteiger partial charge in [-0.1, -0.05) is 6.58 Å². The smallest absolute Gasteiger partial charge is 0.246 e. The molecule has 0 aliphatic carbocycles. The molecule has 1 amide bonds.